The smallest absolute Gasteiger partial charge is 0.265 e. The lowest BCUT2D eigenvalue weighted by atomic mass is 10.2. The maximum Gasteiger partial charge on any atom is 0.265 e. The molecule has 1 aromatic rings. The average Bonchev–Trinajstić information content (AvgIpc) is 2.47. The first kappa shape index (κ1) is 13.2. The summed E-state index contributed by atoms with van der Waals surface area (Å²) in [6, 6.07) is 5.40. The summed E-state index contributed by atoms with van der Waals surface area (Å²) in [6.07, 6.45) is 0. The van der Waals surface area contributed by atoms with E-state index in [0.29, 0.717) is 12.2 Å². The summed E-state index contributed by atoms with van der Waals surface area (Å²) in [5.74, 6) is 0.706. The molecule has 0 bridgehead atoms. The van der Waals surface area contributed by atoms with Crippen LogP contribution in [0, 0.1) is 0 Å². The van der Waals surface area contributed by atoms with Gasteiger partial charge in [-0.3, -0.25) is 9.69 Å². The first-order valence-electron chi connectivity index (χ1n) is 6.87. The molecular weight excluding hydrogens is 258 g/mol. The zero-order chi connectivity index (χ0) is 13.9. The Hall–Kier alpha value is -1.79. The molecule has 0 aromatic heterocycles. The van der Waals surface area contributed by atoms with Crippen molar-refractivity contribution < 1.29 is 14.3 Å². The van der Waals surface area contributed by atoms with E-state index in [4.69, 9.17) is 15.2 Å². The molecule has 2 aliphatic rings. The van der Waals surface area contributed by atoms with Crippen molar-refractivity contribution in [2.45, 2.75) is 0 Å². The molecular formula is C14H19N3O3. The zero-order valence-electron chi connectivity index (χ0n) is 11.4. The fourth-order valence-corrected chi connectivity index (χ4v) is 2.53. The number of benzene rings is 1. The van der Waals surface area contributed by atoms with E-state index in [1.54, 1.807) is 17.0 Å². The molecule has 0 radical (unpaired) electrons. The normalized spacial score (nSPS) is 19.6. The van der Waals surface area contributed by atoms with Crippen LogP contribution in [0.4, 0.5) is 11.4 Å². The number of carbonyl (C=O) groups excluding carboxylic acids is 1. The first-order chi connectivity index (χ1) is 9.74. The highest BCUT2D eigenvalue weighted by atomic mass is 16.5. The number of nitrogens with two attached hydrogens (primary N) is 1. The van der Waals surface area contributed by atoms with Gasteiger partial charge in [0.05, 0.1) is 18.9 Å². The van der Waals surface area contributed by atoms with Crippen LogP contribution in [0.15, 0.2) is 18.2 Å². The van der Waals surface area contributed by atoms with Gasteiger partial charge in [-0.15, -0.1) is 0 Å². The van der Waals surface area contributed by atoms with Crippen LogP contribution in [-0.4, -0.2) is 56.8 Å². The summed E-state index contributed by atoms with van der Waals surface area (Å²) in [6.45, 7) is 4.95. The van der Waals surface area contributed by atoms with Crippen LogP contribution in [0.2, 0.25) is 0 Å². The first-order valence-corrected chi connectivity index (χ1v) is 6.87. The van der Waals surface area contributed by atoms with E-state index in [1.807, 2.05) is 6.07 Å². The molecule has 3 rings (SSSR count). The maximum atomic E-state index is 12.1. The average molecular weight is 277 g/mol. The lowest BCUT2D eigenvalue weighted by Crippen LogP contribution is -2.45. The van der Waals surface area contributed by atoms with Crippen molar-refractivity contribution in [3.8, 4) is 5.75 Å². The Morgan fingerprint density at radius 3 is 2.80 bits per heavy atom. The Kier molecular flexibility index (Phi) is 3.75. The van der Waals surface area contributed by atoms with Gasteiger partial charge in [0.25, 0.3) is 5.91 Å². The minimum Gasteiger partial charge on any atom is -0.482 e. The minimum atomic E-state index is -0.0173. The fraction of sp³-hybridized carbons (Fsp3) is 0.500. The van der Waals surface area contributed by atoms with E-state index < -0.39 is 0 Å². The van der Waals surface area contributed by atoms with Crippen LogP contribution in [0.3, 0.4) is 0 Å². The third kappa shape index (κ3) is 2.71. The second-order valence-electron chi connectivity index (χ2n) is 5.02. The molecule has 1 saturated heterocycles. The summed E-state index contributed by atoms with van der Waals surface area (Å²) < 4.78 is 10.8. The van der Waals surface area contributed by atoms with E-state index >= 15 is 0 Å². The summed E-state index contributed by atoms with van der Waals surface area (Å²) in [7, 11) is 0. The zero-order valence-corrected chi connectivity index (χ0v) is 11.4. The second kappa shape index (κ2) is 5.68. The van der Waals surface area contributed by atoms with Crippen LogP contribution in [0.1, 0.15) is 0 Å². The van der Waals surface area contributed by atoms with Gasteiger partial charge < -0.3 is 20.1 Å². The molecule has 6 nitrogen and oxygen atoms in total. The van der Waals surface area contributed by atoms with Crippen molar-refractivity contribution in [1.82, 2.24) is 4.90 Å². The largest absolute Gasteiger partial charge is 0.482 e. The maximum absolute atomic E-state index is 12.1. The standard InChI is InChI=1S/C14H19N3O3/c15-11-1-2-13-12(9-11)17(14(18)10-20-13)4-3-16-5-7-19-8-6-16/h1-2,9H,3-8,10,15H2. The predicted molar refractivity (Wildman–Crippen MR) is 76.0 cm³/mol. The number of morpholine rings is 1. The molecule has 0 unspecified atom stereocenters. The number of rotatable bonds is 3. The van der Waals surface area contributed by atoms with Gasteiger partial charge in [-0.1, -0.05) is 0 Å². The van der Waals surface area contributed by atoms with Gasteiger partial charge in [-0.25, -0.2) is 0 Å². The van der Waals surface area contributed by atoms with Crippen molar-refractivity contribution in [3.63, 3.8) is 0 Å². The van der Waals surface area contributed by atoms with Crippen molar-refractivity contribution in [2.24, 2.45) is 0 Å². The number of nitrogens with zero attached hydrogens (tertiary/aromatic N) is 2. The molecule has 2 heterocycles. The third-order valence-corrected chi connectivity index (χ3v) is 3.67. The van der Waals surface area contributed by atoms with Gasteiger partial charge in [0, 0.05) is 31.9 Å². The SMILES string of the molecule is Nc1ccc2c(c1)N(CCN1CCOCC1)C(=O)CO2. The fourth-order valence-electron chi connectivity index (χ4n) is 2.53. The highest BCUT2D eigenvalue weighted by Gasteiger charge is 2.26. The molecule has 20 heavy (non-hydrogen) atoms. The summed E-state index contributed by atoms with van der Waals surface area (Å²) >= 11 is 0. The number of hydrogen-bond donors (Lipinski definition) is 1. The Labute approximate surface area is 118 Å². The van der Waals surface area contributed by atoms with Gasteiger partial charge in [0.15, 0.2) is 6.61 Å². The van der Waals surface area contributed by atoms with Crippen molar-refractivity contribution in [2.75, 3.05) is 56.6 Å². The highest BCUT2D eigenvalue weighted by Crippen LogP contribution is 2.33. The molecule has 2 N–H and O–H groups in total. The van der Waals surface area contributed by atoms with Crippen molar-refractivity contribution >= 4 is 17.3 Å². The highest BCUT2D eigenvalue weighted by molar-refractivity contribution is 5.98. The van der Waals surface area contributed by atoms with E-state index in [-0.39, 0.29) is 12.5 Å². The van der Waals surface area contributed by atoms with Gasteiger partial charge in [-0.2, -0.15) is 0 Å². The molecule has 2 aliphatic heterocycles. The van der Waals surface area contributed by atoms with Crippen LogP contribution < -0.4 is 15.4 Å². The van der Waals surface area contributed by atoms with Crippen molar-refractivity contribution in [1.29, 1.82) is 0 Å². The number of fused-ring (bicyclic) bond motifs is 1. The quantitative estimate of drug-likeness (QED) is 0.806. The second-order valence-corrected chi connectivity index (χ2v) is 5.02. The summed E-state index contributed by atoms with van der Waals surface area (Å²) in [4.78, 5) is 16.1. The van der Waals surface area contributed by atoms with Gasteiger partial charge >= 0.3 is 0 Å². The Morgan fingerprint density at radius 1 is 1.20 bits per heavy atom. The molecule has 1 fully saturated rings. The number of amides is 1. The monoisotopic (exact) mass is 277 g/mol. The molecule has 108 valence electrons. The van der Waals surface area contributed by atoms with Crippen LogP contribution in [0.25, 0.3) is 0 Å². The number of ether oxygens (including phenoxy) is 2. The van der Waals surface area contributed by atoms with Crippen molar-refractivity contribution in [3.05, 3.63) is 18.2 Å². The minimum absolute atomic E-state index is 0.0173. The molecule has 0 saturated carbocycles. The molecule has 0 atom stereocenters. The number of hydrogen-bond acceptors (Lipinski definition) is 5. The van der Waals surface area contributed by atoms with Crippen LogP contribution in [0.5, 0.6) is 5.75 Å². The van der Waals surface area contributed by atoms with E-state index in [0.717, 1.165) is 44.3 Å². The number of carbonyl (C=O) groups is 1. The number of nitrogen functional groups attached to an aromatic ring is 1. The van der Waals surface area contributed by atoms with E-state index in [1.165, 1.54) is 0 Å². The van der Waals surface area contributed by atoms with Crippen LogP contribution >= 0.6 is 0 Å². The van der Waals surface area contributed by atoms with Gasteiger partial charge in [0.1, 0.15) is 5.75 Å². The molecule has 1 amide bonds. The predicted octanol–water partition coefficient (Wildman–Crippen LogP) is 0.326. The molecule has 0 spiro atoms. The topological polar surface area (TPSA) is 68.0 Å². The lowest BCUT2D eigenvalue weighted by Gasteiger charge is -2.33. The Bertz CT molecular complexity index is 500. The lowest BCUT2D eigenvalue weighted by molar-refractivity contribution is -0.121. The van der Waals surface area contributed by atoms with E-state index in [2.05, 4.69) is 4.90 Å². The Morgan fingerprint density at radius 2 is 2.00 bits per heavy atom. The summed E-state index contributed by atoms with van der Waals surface area (Å²) in [5.41, 5.74) is 7.22. The molecule has 1 aromatic carbocycles. The van der Waals surface area contributed by atoms with Gasteiger partial charge in [-0.05, 0) is 18.2 Å². The third-order valence-electron chi connectivity index (χ3n) is 3.67. The van der Waals surface area contributed by atoms with E-state index in [9.17, 15) is 4.79 Å². The molecule has 6 heteroatoms. The number of anilines is 2. The Balaban J connectivity index is 1.71. The molecule has 0 aliphatic carbocycles. The van der Waals surface area contributed by atoms with Crippen LogP contribution in [-0.2, 0) is 9.53 Å². The summed E-state index contributed by atoms with van der Waals surface area (Å²) in [5, 5.41) is 0. The van der Waals surface area contributed by atoms with Gasteiger partial charge in [0.2, 0.25) is 0 Å².